The van der Waals surface area contributed by atoms with Crippen LogP contribution < -0.4 is 5.32 Å². The molecule has 1 aromatic heterocycles. The summed E-state index contributed by atoms with van der Waals surface area (Å²) in [5.74, 6) is -1.56. The lowest BCUT2D eigenvalue weighted by Crippen LogP contribution is -2.41. The molecule has 0 bridgehead atoms. The average molecular weight is 227 g/mol. The molecule has 16 heavy (non-hydrogen) atoms. The fourth-order valence-electron chi connectivity index (χ4n) is 1.13. The number of carboxylic acids is 1. The molecule has 0 aliphatic carbocycles. The van der Waals surface area contributed by atoms with Crippen LogP contribution in [0.5, 0.6) is 0 Å². The third-order valence-electron chi connectivity index (χ3n) is 2.00. The SMILES string of the molecule is COCCC(NC(=O)c1ccoc1)C(=O)O. The molecule has 1 unspecified atom stereocenters. The van der Waals surface area contributed by atoms with Gasteiger partial charge in [0.05, 0.1) is 11.8 Å². The van der Waals surface area contributed by atoms with Crippen LogP contribution in [0.4, 0.5) is 0 Å². The predicted octanol–water partition coefficient (Wildman–Crippen LogP) is 0.499. The summed E-state index contributed by atoms with van der Waals surface area (Å²) in [5, 5.41) is 11.2. The van der Waals surface area contributed by atoms with Crippen molar-refractivity contribution in [3.63, 3.8) is 0 Å². The van der Waals surface area contributed by atoms with Gasteiger partial charge >= 0.3 is 5.97 Å². The molecule has 88 valence electrons. The van der Waals surface area contributed by atoms with Crippen LogP contribution in [0.2, 0.25) is 0 Å². The second kappa shape index (κ2) is 5.92. The molecule has 0 radical (unpaired) electrons. The summed E-state index contributed by atoms with van der Waals surface area (Å²) in [5.41, 5.74) is 0.295. The Bertz CT molecular complexity index is 346. The number of nitrogens with one attached hydrogen (secondary N) is 1. The van der Waals surface area contributed by atoms with Crippen molar-refractivity contribution in [2.24, 2.45) is 0 Å². The molecule has 1 atom stereocenters. The van der Waals surface area contributed by atoms with Gasteiger partial charge in [0, 0.05) is 20.1 Å². The molecule has 1 aromatic rings. The standard InChI is InChI=1S/C10H13NO5/c1-15-4-3-8(10(13)14)11-9(12)7-2-5-16-6-7/h2,5-6,8H,3-4H2,1H3,(H,11,12)(H,13,14). The Morgan fingerprint density at radius 1 is 1.62 bits per heavy atom. The van der Waals surface area contributed by atoms with Gasteiger partial charge in [-0.15, -0.1) is 0 Å². The summed E-state index contributed by atoms with van der Waals surface area (Å²) in [6, 6.07) is 0.507. The van der Waals surface area contributed by atoms with E-state index in [9.17, 15) is 9.59 Å². The molecule has 0 saturated heterocycles. The highest BCUT2D eigenvalue weighted by atomic mass is 16.5. The van der Waals surface area contributed by atoms with E-state index in [-0.39, 0.29) is 13.0 Å². The monoisotopic (exact) mass is 227 g/mol. The van der Waals surface area contributed by atoms with Crippen molar-refractivity contribution in [1.82, 2.24) is 5.32 Å². The quantitative estimate of drug-likeness (QED) is 0.738. The molecule has 0 aliphatic heterocycles. The topological polar surface area (TPSA) is 88.8 Å². The fourth-order valence-corrected chi connectivity index (χ4v) is 1.13. The third-order valence-corrected chi connectivity index (χ3v) is 2.00. The highest BCUT2D eigenvalue weighted by Crippen LogP contribution is 2.01. The molecule has 6 heteroatoms. The number of hydrogen-bond acceptors (Lipinski definition) is 4. The number of carbonyl (C=O) groups is 2. The molecule has 0 fully saturated rings. The van der Waals surface area contributed by atoms with Crippen LogP contribution in [0.15, 0.2) is 23.0 Å². The minimum atomic E-state index is -1.09. The molecule has 2 N–H and O–H groups in total. The smallest absolute Gasteiger partial charge is 0.326 e. The van der Waals surface area contributed by atoms with Gasteiger partial charge in [0.1, 0.15) is 12.3 Å². The first kappa shape index (κ1) is 12.3. The number of ether oxygens (including phenoxy) is 1. The van der Waals surface area contributed by atoms with Gasteiger partial charge in [-0.2, -0.15) is 0 Å². The van der Waals surface area contributed by atoms with Crippen molar-refractivity contribution in [3.8, 4) is 0 Å². The van der Waals surface area contributed by atoms with Gasteiger partial charge in [-0.1, -0.05) is 0 Å². The molecular formula is C10H13NO5. The summed E-state index contributed by atoms with van der Waals surface area (Å²) in [7, 11) is 1.47. The average Bonchev–Trinajstić information content (AvgIpc) is 2.76. The second-order valence-electron chi connectivity index (χ2n) is 3.16. The first-order valence-corrected chi connectivity index (χ1v) is 4.70. The van der Waals surface area contributed by atoms with Crippen molar-refractivity contribution in [2.45, 2.75) is 12.5 Å². The van der Waals surface area contributed by atoms with Crippen molar-refractivity contribution >= 4 is 11.9 Å². The lowest BCUT2D eigenvalue weighted by atomic mass is 10.2. The lowest BCUT2D eigenvalue weighted by Gasteiger charge is -2.12. The highest BCUT2D eigenvalue weighted by Gasteiger charge is 2.20. The maximum absolute atomic E-state index is 11.5. The highest BCUT2D eigenvalue weighted by molar-refractivity contribution is 5.96. The minimum Gasteiger partial charge on any atom is -0.480 e. The van der Waals surface area contributed by atoms with E-state index in [2.05, 4.69) is 5.32 Å². The van der Waals surface area contributed by atoms with Gasteiger partial charge in [0.15, 0.2) is 0 Å². The minimum absolute atomic E-state index is 0.218. The summed E-state index contributed by atoms with van der Waals surface area (Å²) in [6.07, 6.45) is 2.82. The Kier molecular flexibility index (Phi) is 4.53. The molecule has 0 spiro atoms. The number of carbonyl (C=O) groups excluding carboxylic acids is 1. The Morgan fingerprint density at radius 2 is 2.38 bits per heavy atom. The van der Waals surface area contributed by atoms with Gasteiger partial charge in [0.25, 0.3) is 5.91 Å². The number of aliphatic carboxylic acids is 1. The number of carboxylic acid groups (broad SMARTS) is 1. The van der Waals surface area contributed by atoms with Crippen LogP contribution in [0.3, 0.4) is 0 Å². The zero-order chi connectivity index (χ0) is 12.0. The molecule has 1 amide bonds. The van der Waals surface area contributed by atoms with Crippen LogP contribution in [0.25, 0.3) is 0 Å². The molecule has 0 saturated carbocycles. The second-order valence-corrected chi connectivity index (χ2v) is 3.16. The summed E-state index contributed by atoms with van der Waals surface area (Å²) < 4.78 is 9.49. The van der Waals surface area contributed by atoms with Crippen LogP contribution in [-0.4, -0.2) is 36.7 Å². The van der Waals surface area contributed by atoms with E-state index in [0.717, 1.165) is 0 Å². The lowest BCUT2D eigenvalue weighted by molar-refractivity contribution is -0.139. The number of amides is 1. The van der Waals surface area contributed by atoms with Crippen molar-refractivity contribution < 1.29 is 23.8 Å². The van der Waals surface area contributed by atoms with Crippen molar-refractivity contribution in [2.75, 3.05) is 13.7 Å². The molecule has 0 aliphatic rings. The van der Waals surface area contributed by atoms with Crippen molar-refractivity contribution in [3.05, 3.63) is 24.2 Å². The van der Waals surface area contributed by atoms with Gasteiger partial charge in [-0.05, 0) is 6.07 Å². The molecule has 1 heterocycles. The van der Waals surface area contributed by atoms with Crippen LogP contribution in [-0.2, 0) is 9.53 Å². The van der Waals surface area contributed by atoms with Gasteiger partial charge in [0.2, 0.25) is 0 Å². The number of hydrogen-bond donors (Lipinski definition) is 2. The van der Waals surface area contributed by atoms with Crippen LogP contribution >= 0.6 is 0 Å². The van der Waals surface area contributed by atoms with Gasteiger partial charge in [-0.3, -0.25) is 4.79 Å². The van der Waals surface area contributed by atoms with Gasteiger partial charge < -0.3 is 19.6 Å². The van der Waals surface area contributed by atoms with E-state index in [4.69, 9.17) is 14.3 Å². The summed E-state index contributed by atoms with van der Waals surface area (Å²) in [4.78, 5) is 22.3. The Hall–Kier alpha value is -1.82. The first-order chi connectivity index (χ1) is 7.65. The van der Waals surface area contributed by atoms with E-state index in [1.54, 1.807) is 0 Å². The maximum atomic E-state index is 11.5. The molecular weight excluding hydrogens is 214 g/mol. The largest absolute Gasteiger partial charge is 0.480 e. The van der Waals surface area contributed by atoms with Gasteiger partial charge in [-0.25, -0.2) is 4.79 Å². The van der Waals surface area contributed by atoms with E-state index in [1.165, 1.54) is 25.7 Å². The number of methoxy groups -OCH3 is 1. The Balaban J connectivity index is 2.54. The zero-order valence-electron chi connectivity index (χ0n) is 8.80. The zero-order valence-corrected chi connectivity index (χ0v) is 8.80. The Labute approximate surface area is 92.2 Å². The Morgan fingerprint density at radius 3 is 2.88 bits per heavy atom. The third kappa shape index (κ3) is 3.39. The molecule has 6 nitrogen and oxygen atoms in total. The normalized spacial score (nSPS) is 12.1. The predicted molar refractivity (Wildman–Crippen MR) is 54.1 cm³/mol. The number of rotatable bonds is 6. The maximum Gasteiger partial charge on any atom is 0.326 e. The number of furan rings is 1. The van der Waals surface area contributed by atoms with E-state index < -0.39 is 17.9 Å². The molecule has 0 aromatic carbocycles. The van der Waals surface area contributed by atoms with Crippen LogP contribution in [0, 0.1) is 0 Å². The van der Waals surface area contributed by atoms with E-state index in [1.807, 2.05) is 0 Å². The van der Waals surface area contributed by atoms with E-state index in [0.29, 0.717) is 5.56 Å². The first-order valence-electron chi connectivity index (χ1n) is 4.70. The molecule has 1 rings (SSSR count). The fraction of sp³-hybridized carbons (Fsp3) is 0.400. The van der Waals surface area contributed by atoms with E-state index >= 15 is 0 Å². The van der Waals surface area contributed by atoms with Crippen molar-refractivity contribution in [1.29, 1.82) is 0 Å². The van der Waals surface area contributed by atoms with Crippen LogP contribution in [0.1, 0.15) is 16.8 Å². The summed E-state index contributed by atoms with van der Waals surface area (Å²) in [6.45, 7) is 0.267. The summed E-state index contributed by atoms with van der Waals surface area (Å²) >= 11 is 0.